The Kier molecular flexibility index (Phi) is 8.23. The fourth-order valence-electron chi connectivity index (χ4n) is 2.74. The first-order valence-electron chi connectivity index (χ1n) is 8.37. The van der Waals surface area contributed by atoms with Crippen LogP contribution in [0.2, 0.25) is 0 Å². The minimum Gasteiger partial charge on any atom is -0.477 e. The van der Waals surface area contributed by atoms with E-state index in [0.717, 1.165) is 20.1 Å². The van der Waals surface area contributed by atoms with E-state index in [1.54, 1.807) is 6.92 Å². The highest BCUT2D eigenvalue weighted by atomic mass is 16.6. The fraction of sp³-hybridized carbons (Fsp3) is 0.647. The maximum Gasteiger partial charge on any atom is 0.373 e. The summed E-state index contributed by atoms with van der Waals surface area (Å²) in [5.74, 6) is -2.96. The molecular formula is C17H25NO9. The molecule has 0 bridgehead atoms. The molecular weight excluding hydrogens is 362 g/mol. The Morgan fingerprint density at radius 2 is 1.78 bits per heavy atom. The number of hydrogen-bond donors (Lipinski definition) is 2. The van der Waals surface area contributed by atoms with Gasteiger partial charge < -0.3 is 29.4 Å². The summed E-state index contributed by atoms with van der Waals surface area (Å²) in [6.07, 6.45) is -3.35. The normalized spacial score (nSPS) is 23.8. The predicted octanol–water partition coefficient (Wildman–Crippen LogP) is -0.419. The maximum absolute atomic E-state index is 11.8. The topological polar surface area (TPSA) is 137 Å². The van der Waals surface area contributed by atoms with Crippen LogP contribution in [0.15, 0.2) is 11.8 Å². The van der Waals surface area contributed by atoms with E-state index in [2.05, 4.69) is 10.1 Å². The zero-order chi connectivity index (χ0) is 20.7. The van der Waals surface area contributed by atoms with Crippen molar-refractivity contribution in [3.05, 3.63) is 11.8 Å². The van der Waals surface area contributed by atoms with E-state index < -0.39 is 54.3 Å². The number of methoxy groups -OCH3 is 1. The molecule has 0 saturated heterocycles. The van der Waals surface area contributed by atoms with E-state index in [0.29, 0.717) is 0 Å². The molecule has 0 aromatic rings. The van der Waals surface area contributed by atoms with Gasteiger partial charge in [0, 0.05) is 20.8 Å². The molecule has 0 unspecified atom stereocenters. The Labute approximate surface area is 156 Å². The zero-order valence-corrected chi connectivity index (χ0v) is 15.9. The van der Waals surface area contributed by atoms with Crippen LogP contribution in [0.25, 0.3) is 0 Å². The molecule has 0 aliphatic carbocycles. The molecule has 10 heteroatoms. The van der Waals surface area contributed by atoms with Gasteiger partial charge in [0.25, 0.3) is 0 Å². The molecule has 27 heavy (non-hydrogen) atoms. The highest BCUT2D eigenvalue weighted by Gasteiger charge is 2.46. The van der Waals surface area contributed by atoms with Crippen molar-refractivity contribution in [1.82, 2.24) is 5.32 Å². The second-order valence-electron chi connectivity index (χ2n) is 5.95. The lowest BCUT2D eigenvalue weighted by molar-refractivity contribution is -0.183. The number of aliphatic hydroxyl groups excluding tert-OH is 1. The van der Waals surface area contributed by atoms with Gasteiger partial charge in [0.2, 0.25) is 11.7 Å². The van der Waals surface area contributed by atoms with Gasteiger partial charge in [-0.15, -0.1) is 0 Å². The first kappa shape index (κ1) is 22.4. The maximum atomic E-state index is 11.8. The molecule has 1 aliphatic heterocycles. The summed E-state index contributed by atoms with van der Waals surface area (Å²) < 4.78 is 20.7. The molecule has 0 radical (unpaired) electrons. The summed E-state index contributed by atoms with van der Waals surface area (Å²) in [4.78, 5) is 46.4. The van der Waals surface area contributed by atoms with Crippen LogP contribution in [0.3, 0.4) is 0 Å². The van der Waals surface area contributed by atoms with Crippen molar-refractivity contribution in [2.24, 2.45) is 0 Å². The average molecular weight is 387 g/mol. The summed E-state index contributed by atoms with van der Waals surface area (Å²) >= 11 is 0. The molecule has 10 nitrogen and oxygen atoms in total. The molecule has 0 saturated carbocycles. The molecule has 0 aromatic heterocycles. The molecule has 5 atom stereocenters. The van der Waals surface area contributed by atoms with E-state index in [1.807, 2.05) is 0 Å². The number of carbonyl (C=O) groups is 4. The van der Waals surface area contributed by atoms with E-state index >= 15 is 0 Å². The lowest BCUT2D eigenvalue weighted by atomic mass is 9.92. The lowest BCUT2D eigenvalue weighted by Crippen LogP contribution is -2.60. The van der Waals surface area contributed by atoms with Crippen LogP contribution in [-0.2, 0) is 38.1 Å². The third-order valence-corrected chi connectivity index (χ3v) is 3.78. The number of nitrogens with one attached hydrogen (secondary N) is 1. The van der Waals surface area contributed by atoms with Gasteiger partial charge in [-0.2, -0.15) is 0 Å². The van der Waals surface area contributed by atoms with Gasteiger partial charge in [-0.05, 0) is 12.5 Å². The molecule has 1 rings (SSSR count). The van der Waals surface area contributed by atoms with Gasteiger partial charge >= 0.3 is 17.9 Å². The molecule has 0 aromatic carbocycles. The van der Waals surface area contributed by atoms with Gasteiger partial charge in [0.05, 0.1) is 13.2 Å². The third kappa shape index (κ3) is 6.24. The van der Waals surface area contributed by atoms with Crippen molar-refractivity contribution in [2.45, 2.75) is 64.6 Å². The Balaban J connectivity index is 3.34. The van der Waals surface area contributed by atoms with Crippen LogP contribution in [-0.4, -0.2) is 66.5 Å². The predicted molar refractivity (Wildman–Crippen MR) is 90.0 cm³/mol. The van der Waals surface area contributed by atoms with Gasteiger partial charge in [-0.25, -0.2) is 4.79 Å². The number of carbonyl (C=O) groups excluding carboxylic acids is 4. The van der Waals surface area contributed by atoms with E-state index in [4.69, 9.17) is 14.2 Å². The highest BCUT2D eigenvalue weighted by Crippen LogP contribution is 2.27. The zero-order valence-electron chi connectivity index (χ0n) is 15.9. The lowest BCUT2D eigenvalue weighted by Gasteiger charge is -2.40. The largest absolute Gasteiger partial charge is 0.477 e. The van der Waals surface area contributed by atoms with Crippen molar-refractivity contribution in [3.8, 4) is 0 Å². The molecule has 152 valence electrons. The molecule has 0 spiro atoms. The van der Waals surface area contributed by atoms with Crippen molar-refractivity contribution in [2.75, 3.05) is 7.11 Å². The summed E-state index contributed by atoms with van der Waals surface area (Å²) in [7, 11) is 1.13. The van der Waals surface area contributed by atoms with Crippen LogP contribution < -0.4 is 5.32 Å². The van der Waals surface area contributed by atoms with Crippen LogP contribution in [0.4, 0.5) is 0 Å². The summed E-state index contributed by atoms with van der Waals surface area (Å²) in [5.41, 5.74) is 0. The number of aliphatic hydroxyl groups is 1. The number of amides is 1. The van der Waals surface area contributed by atoms with Crippen LogP contribution in [0.1, 0.15) is 34.1 Å². The van der Waals surface area contributed by atoms with Crippen molar-refractivity contribution in [1.29, 1.82) is 0 Å². The second-order valence-corrected chi connectivity index (χ2v) is 5.95. The average Bonchev–Trinajstić information content (AvgIpc) is 2.58. The minimum absolute atomic E-state index is 0.248. The summed E-state index contributed by atoms with van der Waals surface area (Å²) in [5, 5.41) is 12.9. The highest BCUT2D eigenvalue weighted by molar-refractivity contribution is 5.86. The fourth-order valence-corrected chi connectivity index (χ4v) is 2.74. The van der Waals surface area contributed by atoms with E-state index in [9.17, 15) is 24.3 Å². The Bertz CT molecular complexity index is 616. The Morgan fingerprint density at radius 1 is 1.19 bits per heavy atom. The Hall–Kier alpha value is -2.62. The summed E-state index contributed by atoms with van der Waals surface area (Å²) in [6.45, 7) is 5.26. The third-order valence-electron chi connectivity index (χ3n) is 3.78. The number of hydrogen-bond acceptors (Lipinski definition) is 9. The van der Waals surface area contributed by atoms with Crippen LogP contribution >= 0.6 is 0 Å². The molecule has 1 heterocycles. The Morgan fingerprint density at radius 3 is 2.22 bits per heavy atom. The monoisotopic (exact) mass is 387 g/mol. The minimum atomic E-state index is -1.34. The first-order valence-corrected chi connectivity index (χ1v) is 8.37. The van der Waals surface area contributed by atoms with E-state index in [-0.39, 0.29) is 12.2 Å². The quantitative estimate of drug-likeness (QED) is 0.441. The van der Waals surface area contributed by atoms with Crippen molar-refractivity contribution < 1.29 is 43.2 Å². The van der Waals surface area contributed by atoms with Crippen LogP contribution in [0.5, 0.6) is 0 Å². The van der Waals surface area contributed by atoms with Gasteiger partial charge in [0.15, 0.2) is 12.2 Å². The van der Waals surface area contributed by atoms with E-state index in [1.165, 1.54) is 13.8 Å². The van der Waals surface area contributed by atoms with Crippen LogP contribution in [0, 0.1) is 0 Å². The number of rotatable bonds is 7. The SMILES string of the molecule is CC[C@@H](OC(C)=O)[C@@H](OC(C)=O)[C@@H]1OC(C(=O)OC)=C[C@H](O)[C@H]1NC(C)=O. The number of esters is 3. The standard InChI is InChI=1S/C17H25NO9/c1-6-12(25-9(3)20)15(26-10(4)21)16-14(18-8(2)19)11(22)7-13(27-16)17(23)24-5/h7,11-12,14-16,22H,6H2,1-5H3,(H,18,19)/t11-,12+,14+,15+,16+/m0/s1. The molecule has 1 amide bonds. The molecule has 0 fully saturated rings. The van der Waals surface area contributed by atoms with Crippen molar-refractivity contribution in [3.63, 3.8) is 0 Å². The first-order chi connectivity index (χ1) is 12.6. The molecule has 1 aliphatic rings. The van der Waals surface area contributed by atoms with Gasteiger partial charge in [-0.3, -0.25) is 14.4 Å². The van der Waals surface area contributed by atoms with Gasteiger partial charge in [-0.1, -0.05) is 6.92 Å². The summed E-state index contributed by atoms with van der Waals surface area (Å²) in [6, 6.07) is -1.06. The molecule has 2 N–H and O–H groups in total. The smallest absolute Gasteiger partial charge is 0.373 e. The van der Waals surface area contributed by atoms with Crippen molar-refractivity contribution >= 4 is 23.8 Å². The second kappa shape index (κ2) is 9.91. The number of ether oxygens (including phenoxy) is 4. The van der Waals surface area contributed by atoms with Gasteiger partial charge in [0.1, 0.15) is 12.2 Å².